The highest BCUT2D eigenvalue weighted by atomic mass is 16.5. The average molecular weight is 329 g/mol. The van der Waals surface area contributed by atoms with Crippen LogP contribution in [0.25, 0.3) is 0 Å². The van der Waals surface area contributed by atoms with E-state index < -0.39 is 6.10 Å². The molecule has 7 heteroatoms. The number of rotatable bonds is 7. The van der Waals surface area contributed by atoms with E-state index >= 15 is 0 Å². The van der Waals surface area contributed by atoms with Gasteiger partial charge in [0.15, 0.2) is 5.82 Å². The van der Waals surface area contributed by atoms with Crippen LogP contribution in [0.15, 0.2) is 24.8 Å². The minimum atomic E-state index is -0.678. The van der Waals surface area contributed by atoms with Gasteiger partial charge in [0.1, 0.15) is 6.10 Å². The monoisotopic (exact) mass is 329 g/mol. The van der Waals surface area contributed by atoms with Gasteiger partial charge in [-0.25, -0.2) is 19.9 Å². The Bertz CT molecular complexity index is 626. The zero-order valence-corrected chi connectivity index (χ0v) is 13.9. The maximum atomic E-state index is 10.1. The summed E-state index contributed by atoms with van der Waals surface area (Å²) in [6.07, 6.45) is 10.00. The summed E-state index contributed by atoms with van der Waals surface area (Å²) in [5.74, 6) is 1.06. The highest BCUT2D eigenvalue weighted by Gasteiger charge is 2.15. The number of aliphatic hydroxyl groups excluding tert-OH is 1. The summed E-state index contributed by atoms with van der Waals surface area (Å²) in [7, 11) is 0. The van der Waals surface area contributed by atoms with Crippen molar-refractivity contribution in [2.45, 2.75) is 44.8 Å². The molecule has 0 radical (unpaired) electrons. The molecule has 0 amide bonds. The first-order chi connectivity index (χ1) is 11.7. The molecular formula is C17H23N5O2. The van der Waals surface area contributed by atoms with Crippen LogP contribution in [0.3, 0.4) is 0 Å². The maximum Gasteiger partial charge on any atom is 0.222 e. The van der Waals surface area contributed by atoms with Crippen LogP contribution in [0.5, 0.6) is 0 Å². The van der Waals surface area contributed by atoms with E-state index in [4.69, 9.17) is 4.74 Å². The molecule has 2 aromatic rings. The molecule has 0 aromatic carbocycles. The van der Waals surface area contributed by atoms with Crippen LogP contribution < -0.4 is 5.32 Å². The normalized spacial score (nSPS) is 18.5. The number of hydrogen-bond donors (Lipinski definition) is 2. The van der Waals surface area contributed by atoms with Gasteiger partial charge < -0.3 is 15.2 Å². The van der Waals surface area contributed by atoms with Crippen molar-refractivity contribution in [1.29, 1.82) is 0 Å². The molecule has 3 heterocycles. The molecule has 0 spiro atoms. The zero-order chi connectivity index (χ0) is 16.8. The predicted octanol–water partition coefficient (Wildman–Crippen LogP) is 1.83. The fourth-order valence-electron chi connectivity index (χ4n) is 2.59. The molecule has 7 nitrogen and oxygen atoms in total. The smallest absolute Gasteiger partial charge is 0.222 e. The van der Waals surface area contributed by atoms with E-state index in [1.807, 2.05) is 6.92 Å². The summed E-state index contributed by atoms with van der Waals surface area (Å²) in [6.45, 7) is 3.50. The molecule has 0 saturated carbocycles. The lowest BCUT2D eigenvalue weighted by atomic mass is 10.1. The summed E-state index contributed by atoms with van der Waals surface area (Å²) >= 11 is 0. The number of nitrogens with zero attached hydrogens (tertiary/aromatic N) is 4. The molecule has 1 aliphatic rings. The van der Waals surface area contributed by atoms with Crippen LogP contribution in [-0.2, 0) is 11.2 Å². The topological polar surface area (TPSA) is 93.1 Å². The van der Waals surface area contributed by atoms with Crippen molar-refractivity contribution in [1.82, 2.24) is 19.9 Å². The van der Waals surface area contributed by atoms with Crippen molar-refractivity contribution in [2.75, 3.05) is 18.5 Å². The van der Waals surface area contributed by atoms with Gasteiger partial charge >= 0.3 is 0 Å². The molecule has 0 bridgehead atoms. The molecule has 3 rings (SSSR count). The molecule has 1 fully saturated rings. The molecule has 128 valence electrons. The van der Waals surface area contributed by atoms with E-state index in [-0.39, 0.29) is 6.10 Å². The first-order valence-electron chi connectivity index (χ1n) is 8.34. The Morgan fingerprint density at radius 1 is 1.21 bits per heavy atom. The van der Waals surface area contributed by atoms with Crippen molar-refractivity contribution in [3.05, 3.63) is 41.7 Å². The number of nitrogens with one attached hydrogen (secondary N) is 1. The number of anilines is 1. The first kappa shape index (κ1) is 16.7. The lowest BCUT2D eigenvalue weighted by Gasteiger charge is -2.11. The molecule has 2 N–H and O–H groups in total. The Balaban J connectivity index is 1.46. The number of hydrogen-bond acceptors (Lipinski definition) is 7. The second-order valence-corrected chi connectivity index (χ2v) is 6.10. The SMILES string of the molecule is Cc1cnc(C(O)CCc2cnc(NCC3CCCO3)nc2)nc1. The standard InChI is InChI=1S/C17H23N5O2/c1-12-7-18-16(19-8-12)15(23)5-4-13-9-20-17(21-10-13)22-11-14-3-2-6-24-14/h7-10,14-15,23H,2-6,11H2,1H3,(H,20,21,22). The van der Waals surface area contributed by atoms with Gasteiger partial charge in [-0.1, -0.05) is 0 Å². The van der Waals surface area contributed by atoms with E-state index in [1.54, 1.807) is 24.8 Å². The third-order valence-corrected chi connectivity index (χ3v) is 4.02. The van der Waals surface area contributed by atoms with E-state index in [1.165, 1.54) is 0 Å². The first-order valence-corrected chi connectivity index (χ1v) is 8.34. The second kappa shape index (κ2) is 8.12. The maximum absolute atomic E-state index is 10.1. The number of aliphatic hydroxyl groups is 1. The van der Waals surface area contributed by atoms with Crippen molar-refractivity contribution >= 4 is 5.95 Å². The largest absolute Gasteiger partial charge is 0.385 e. The third kappa shape index (κ3) is 4.69. The molecule has 1 aliphatic heterocycles. The van der Waals surface area contributed by atoms with Gasteiger partial charge in [0.25, 0.3) is 0 Å². The van der Waals surface area contributed by atoms with Gasteiger partial charge in [0, 0.05) is 37.9 Å². The van der Waals surface area contributed by atoms with Crippen LogP contribution in [-0.4, -0.2) is 44.3 Å². The quantitative estimate of drug-likeness (QED) is 0.800. The summed E-state index contributed by atoms with van der Waals surface area (Å²) in [5, 5.41) is 13.3. The Morgan fingerprint density at radius 3 is 2.62 bits per heavy atom. The molecule has 24 heavy (non-hydrogen) atoms. The minimum absolute atomic E-state index is 0.262. The molecular weight excluding hydrogens is 306 g/mol. The fourth-order valence-corrected chi connectivity index (χ4v) is 2.59. The highest BCUT2D eigenvalue weighted by molar-refractivity contribution is 5.25. The van der Waals surface area contributed by atoms with Crippen LogP contribution in [0.2, 0.25) is 0 Å². The van der Waals surface area contributed by atoms with Crippen molar-refractivity contribution in [3.63, 3.8) is 0 Å². The van der Waals surface area contributed by atoms with Gasteiger partial charge in [0.05, 0.1) is 6.10 Å². The average Bonchev–Trinajstić information content (AvgIpc) is 3.13. The minimum Gasteiger partial charge on any atom is -0.385 e. The van der Waals surface area contributed by atoms with E-state index in [2.05, 4.69) is 25.3 Å². The lowest BCUT2D eigenvalue weighted by Crippen LogP contribution is -2.19. The van der Waals surface area contributed by atoms with Crippen molar-refractivity contribution in [3.8, 4) is 0 Å². The van der Waals surface area contributed by atoms with E-state index in [0.717, 1.165) is 37.1 Å². The molecule has 0 aliphatic carbocycles. The fraction of sp³-hybridized carbons (Fsp3) is 0.529. The molecule has 2 unspecified atom stereocenters. The van der Waals surface area contributed by atoms with Crippen molar-refractivity contribution < 1.29 is 9.84 Å². The van der Waals surface area contributed by atoms with Crippen LogP contribution in [0.1, 0.15) is 42.3 Å². The Morgan fingerprint density at radius 2 is 1.96 bits per heavy atom. The van der Waals surface area contributed by atoms with E-state index in [0.29, 0.717) is 24.6 Å². The summed E-state index contributed by atoms with van der Waals surface area (Å²) < 4.78 is 5.56. The Kier molecular flexibility index (Phi) is 5.66. The van der Waals surface area contributed by atoms with Crippen LogP contribution in [0.4, 0.5) is 5.95 Å². The Labute approximate surface area is 141 Å². The van der Waals surface area contributed by atoms with Gasteiger partial charge in [-0.2, -0.15) is 0 Å². The lowest BCUT2D eigenvalue weighted by molar-refractivity contribution is 0.120. The molecule has 1 saturated heterocycles. The van der Waals surface area contributed by atoms with Crippen LogP contribution in [0, 0.1) is 6.92 Å². The predicted molar refractivity (Wildman–Crippen MR) is 89.5 cm³/mol. The summed E-state index contributed by atoms with van der Waals surface area (Å²) in [5.41, 5.74) is 1.95. The number of aromatic nitrogens is 4. The van der Waals surface area contributed by atoms with Gasteiger partial charge in [-0.05, 0) is 43.7 Å². The van der Waals surface area contributed by atoms with E-state index in [9.17, 15) is 5.11 Å². The van der Waals surface area contributed by atoms with Gasteiger partial charge in [0.2, 0.25) is 5.95 Å². The Hall–Kier alpha value is -2.12. The van der Waals surface area contributed by atoms with Crippen LogP contribution >= 0.6 is 0 Å². The van der Waals surface area contributed by atoms with Gasteiger partial charge in [-0.15, -0.1) is 0 Å². The summed E-state index contributed by atoms with van der Waals surface area (Å²) in [6, 6.07) is 0. The van der Waals surface area contributed by atoms with Crippen molar-refractivity contribution in [2.24, 2.45) is 0 Å². The van der Waals surface area contributed by atoms with Gasteiger partial charge in [-0.3, -0.25) is 0 Å². The number of ether oxygens (including phenoxy) is 1. The third-order valence-electron chi connectivity index (χ3n) is 4.02. The molecule has 2 aromatic heterocycles. The second-order valence-electron chi connectivity index (χ2n) is 6.10. The zero-order valence-electron chi connectivity index (χ0n) is 13.9. The highest BCUT2D eigenvalue weighted by Crippen LogP contribution is 2.16. The summed E-state index contributed by atoms with van der Waals surface area (Å²) in [4.78, 5) is 16.9. The molecule has 2 atom stereocenters. The number of aryl methyl sites for hydroxylation is 2.